The Hall–Kier alpha value is -1.45. The molecule has 2 bridgehead atoms. The van der Waals surface area contributed by atoms with E-state index in [0.29, 0.717) is 0 Å². The van der Waals surface area contributed by atoms with Gasteiger partial charge in [0.1, 0.15) is 6.20 Å². The summed E-state index contributed by atoms with van der Waals surface area (Å²) in [6.45, 7) is 0. The highest BCUT2D eigenvalue weighted by atomic mass is 15.2. The maximum Gasteiger partial charge on any atom is 0.288 e. The minimum absolute atomic E-state index is 0.827. The molecule has 0 saturated heterocycles. The number of hydrogen-bond acceptors (Lipinski definition) is 3. The average Bonchev–Trinajstić information content (AvgIpc) is 2.19. The predicted octanol–water partition coefficient (Wildman–Crippen LogP) is 0.274. The van der Waals surface area contributed by atoms with Crippen molar-refractivity contribution in [2.45, 2.75) is 6.42 Å². The van der Waals surface area contributed by atoms with Crippen molar-refractivity contribution in [1.29, 1.82) is 0 Å². The van der Waals surface area contributed by atoms with Crippen LogP contribution in [0, 0.1) is 0 Å². The number of amidine groups is 1. The van der Waals surface area contributed by atoms with Crippen LogP contribution in [-0.2, 0) is 0 Å². The summed E-state index contributed by atoms with van der Waals surface area (Å²) in [6.07, 6.45) is 6.41. The molecule has 0 aromatic heterocycles. The first-order valence-corrected chi connectivity index (χ1v) is 3.85. The van der Waals surface area contributed by atoms with Crippen molar-refractivity contribution in [3.63, 3.8) is 0 Å². The van der Waals surface area contributed by atoms with E-state index in [1.165, 1.54) is 0 Å². The zero-order valence-corrected chi connectivity index (χ0v) is 7.23. The monoisotopic (exact) mass is 163 g/mol. The van der Waals surface area contributed by atoms with E-state index in [1.807, 2.05) is 29.8 Å². The molecule has 62 valence electrons. The quantitative estimate of drug-likeness (QED) is 0.472. The number of rotatable bonds is 0. The molecule has 0 aromatic rings. The van der Waals surface area contributed by atoms with Gasteiger partial charge in [-0.25, -0.2) is 9.57 Å². The van der Waals surface area contributed by atoms with Gasteiger partial charge in [-0.15, -0.1) is 0 Å². The van der Waals surface area contributed by atoms with Gasteiger partial charge in [0.15, 0.2) is 0 Å². The Kier molecular flexibility index (Phi) is 1.53. The molecule has 2 aliphatic heterocycles. The van der Waals surface area contributed by atoms with Gasteiger partial charge in [-0.05, 0) is 4.99 Å². The first-order valence-electron chi connectivity index (χ1n) is 3.85. The summed E-state index contributed by atoms with van der Waals surface area (Å²) >= 11 is 0. The van der Waals surface area contributed by atoms with Gasteiger partial charge < -0.3 is 4.90 Å². The molecule has 4 nitrogen and oxygen atoms in total. The van der Waals surface area contributed by atoms with Crippen LogP contribution in [0.2, 0.25) is 0 Å². The topological polar surface area (TPSA) is 31.0 Å². The minimum atomic E-state index is 0.827. The average molecular weight is 163 g/mol. The lowest BCUT2D eigenvalue weighted by Crippen LogP contribution is -2.28. The lowest BCUT2D eigenvalue weighted by Gasteiger charge is -2.14. The molecular weight excluding hydrogens is 152 g/mol. The maximum absolute atomic E-state index is 4.31. The van der Waals surface area contributed by atoms with Crippen molar-refractivity contribution >= 4 is 18.5 Å². The zero-order valence-electron chi connectivity index (χ0n) is 7.23. The lowest BCUT2D eigenvalue weighted by atomic mass is 10.2. The molecule has 0 aromatic carbocycles. The third kappa shape index (κ3) is 1.15. The summed E-state index contributed by atoms with van der Waals surface area (Å²) in [5.41, 5.74) is 1.06. The van der Waals surface area contributed by atoms with E-state index in [0.717, 1.165) is 18.0 Å². The van der Waals surface area contributed by atoms with E-state index in [9.17, 15) is 0 Å². The Morgan fingerprint density at radius 2 is 2.42 bits per heavy atom. The van der Waals surface area contributed by atoms with Gasteiger partial charge in [0, 0.05) is 7.05 Å². The van der Waals surface area contributed by atoms with E-state index in [-0.39, 0.29) is 0 Å². The number of hydrogen-bond donors (Lipinski definition) is 0. The standard InChI is InChI=1S/C8H11N4/c1-11-4-7-3-8(10-5-11)12(2)6-9-7/h4-6H,3H2,1-2H3/q+1. The van der Waals surface area contributed by atoms with Crippen LogP contribution in [0.1, 0.15) is 6.42 Å². The molecule has 4 heteroatoms. The molecule has 0 atom stereocenters. The van der Waals surface area contributed by atoms with Gasteiger partial charge in [-0.1, -0.05) is 0 Å². The first kappa shape index (κ1) is 7.21. The van der Waals surface area contributed by atoms with Crippen LogP contribution in [0.5, 0.6) is 0 Å². The highest BCUT2D eigenvalue weighted by molar-refractivity contribution is 5.98. The number of fused-ring (bicyclic) bond motifs is 2. The number of nitrogens with zero attached hydrogens (tertiary/aromatic N) is 4. The van der Waals surface area contributed by atoms with Crippen LogP contribution in [0.3, 0.4) is 0 Å². The fraction of sp³-hybridized carbons (Fsp3) is 0.375. The van der Waals surface area contributed by atoms with Crippen LogP contribution >= 0.6 is 0 Å². The second-order valence-corrected chi connectivity index (χ2v) is 2.98. The summed E-state index contributed by atoms with van der Waals surface area (Å²) in [7, 11) is 3.91. The SMILES string of the molecule is CN1C=NC2=C[N+](C)=CN=C1C2. The van der Waals surface area contributed by atoms with Crippen LogP contribution in [-0.4, -0.2) is 42.1 Å². The fourth-order valence-electron chi connectivity index (χ4n) is 1.20. The van der Waals surface area contributed by atoms with Crippen molar-refractivity contribution in [3.8, 4) is 0 Å². The molecule has 0 unspecified atom stereocenters. The third-order valence-electron chi connectivity index (χ3n) is 1.88. The molecule has 2 rings (SSSR count). The van der Waals surface area contributed by atoms with E-state index in [2.05, 4.69) is 9.98 Å². The lowest BCUT2D eigenvalue weighted by molar-refractivity contribution is -0.418. The molecule has 0 spiro atoms. The van der Waals surface area contributed by atoms with Gasteiger partial charge in [0.25, 0.3) is 6.34 Å². The number of aliphatic imine (C=N–C) groups is 2. The van der Waals surface area contributed by atoms with Crippen molar-refractivity contribution in [1.82, 2.24) is 4.90 Å². The van der Waals surface area contributed by atoms with Crippen LogP contribution in [0.15, 0.2) is 21.9 Å². The Morgan fingerprint density at radius 3 is 3.25 bits per heavy atom. The van der Waals surface area contributed by atoms with Crippen LogP contribution < -0.4 is 0 Å². The summed E-state index contributed by atoms with van der Waals surface area (Å²) < 4.78 is 1.92. The Bertz CT molecular complexity index is 322. The van der Waals surface area contributed by atoms with Crippen LogP contribution in [0.25, 0.3) is 0 Å². The fourth-order valence-corrected chi connectivity index (χ4v) is 1.20. The molecule has 0 amide bonds. The summed E-state index contributed by atoms with van der Waals surface area (Å²) in [6, 6.07) is 0. The van der Waals surface area contributed by atoms with E-state index in [1.54, 1.807) is 12.7 Å². The summed E-state index contributed by atoms with van der Waals surface area (Å²) in [5.74, 6) is 1.04. The van der Waals surface area contributed by atoms with E-state index in [4.69, 9.17) is 0 Å². The predicted molar refractivity (Wildman–Crippen MR) is 48.6 cm³/mol. The van der Waals surface area contributed by atoms with Crippen molar-refractivity contribution in [3.05, 3.63) is 11.9 Å². The summed E-state index contributed by atoms with van der Waals surface area (Å²) in [4.78, 5) is 10.5. The molecular formula is C8H11N4+. The molecule has 0 aliphatic carbocycles. The third-order valence-corrected chi connectivity index (χ3v) is 1.88. The second-order valence-electron chi connectivity index (χ2n) is 2.98. The largest absolute Gasteiger partial charge is 0.302 e. The Labute approximate surface area is 71.2 Å². The van der Waals surface area contributed by atoms with Crippen molar-refractivity contribution in [2.24, 2.45) is 9.98 Å². The summed E-state index contributed by atoms with van der Waals surface area (Å²) in [5, 5.41) is 0. The van der Waals surface area contributed by atoms with E-state index >= 15 is 0 Å². The minimum Gasteiger partial charge on any atom is -0.302 e. The Morgan fingerprint density at radius 1 is 1.58 bits per heavy atom. The smallest absolute Gasteiger partial charge is 0.288 e. The van der Waals surface area contributed by atoms with Gasteiger partial charge in [0.2, 0.25) is 5.84 Å². The van der Waals surface area contributed by atoms with Gasteiger partial charge in [-0.3, -0.25) is 0 Å². The maximum atomic E-state index is 4.31. The molecule has 2 heterocycles. The Balaban J connectivity index is 2.47. The van der Waals surface area contributed by atoms with Crippen LogP contribution in [0.4, 0.5) is 0 Å². The molecule has 2 aliphatic rings. The van der Waals surface area contributed by atoms with Crippen molar-refractivity contribution in [2.75, 3.05) is 14.1 Å². The first-order chi connectivity index (χ1) is 5.75. The molecule has 0 N–H and O–H groups in total. The zero-order chi connectivity index (χ0) is 8.55. The van der Waals surface area contributed by atoms with Crippen molar-refractivity contribution < 1.29 is 4.58 Å². The molecule has 0 radical (unpaired) electrons. The molecule has 0 fully saturated rings. The highest BCUT2D eigenvalue weighted by Crippen LogP contribution is 2.12. The van der Waals surface area contributed by atoms with Gasteiger partial charge >= 0.3 is 0 Å². The van der Waals surface area contributed by atoms with E-state index < -0.39 is 0 Å². The van der Waals surface area contributed by atoms with Gasteiger partial charge in [0.05, 0.1) is 25.5 Å². The second kappa shape index (κ2) is 2.55. The molecule has 0 saturated carbocycles. The highest BCUT2D eigenvalue weighted by Gasteiger charge is 2.19. The molecule has 12 heavy (non-hydrogen) atoms. The normalized spacial score (nSPS) is 21.2. The van der Waals surface area contributed by atoms with Gasteiger partial charge in [-0.2, -0.15) is 0 Å².